The van der Waals surface area contributed by atoms with E-state index in [1.807, 2.05) is 0 Å². The zero-order valence-corrected chi connectivity index (χ0v) is 4.68. The van der Waals surface area contributed by atoms with E-state index < -0.39 is 0 Å². The van der Waals surface area contributed by atoms with E-state index in [2.05, 4.69) is 22.0 Å². The molecule has 1 aromatic rings. The maximum atomic E-state index is 10.3. The Kier molecular flexibility index (Phi) is 1.38. The smallest absolute Gasteiger partial charge is 0.280 e. The van der Waals surface area contributed by atoms with E-state index in [0.717, 1.165) is 0 Å². The predicted octanol–water partition coefficient (Wildman–Crippen LogP) is 0.766. The van der Waals surface area contributed by atoms with Crippen LogP contribution in [0.3, 0.4) is 0 Å². The van der Waals surface area contributed by atoms with E-state index >= 15 is 0 Å². The van der Waals surface area contributed by atoms with Crippen molar-refractivity contribution in [1.29, 1.82) is 0 Å². The lowest BCUT2D eigenvalue weighted by molar-refractivity contribution is 0.407. The summed E-state index contributed by atoms with van der Waals surface area (Å²) in [5.41, 5.74) is 2.22. The Labute approximate surface area is 51.3 Å². The van der Waals surface area contributed by atoms with Gasteiger partial charge in [-0.05, 0) is 0 Å². The lowest BCUT2D eigenvalue weighted by atomic mass is 10.4. The lowest BCUT2D eigenvalue weighted by Gasteiger charge is -1.71. The Morgan fingerprint density at radius 2 is 2.67 bits per heavy atom. The predicted molar refractivity (Wildman–Crippen MR) is 32.9 cm³/mol. The Morgan fingerprint density at radius 3 is 3.11 bits per heavy atom. The lowest BCUT2D eigenvalue weighted by Crippen LogP contribution is -1.92. The Balaban J connectivity index is 3.12. The minimum Gasteiger partial charge on any atom is -0.378 e. The van der Waals surface area contributed by atoms with Crippen LogP contribution in [0.25, 0.3) is 6.08 Å². The normalized spacial score (nSPS) is 8.44. The molecule has 3 heteroatoms. The standard InChI is InChI=1S/C6H5NO2/c1-2-3-5-4-6(8)7-9-5/h3-4H,1H2,(H,7,8). The third kappa shape index (κ3) is 1.21. The van der Waals surface area contributed by atoms with E-state index in [4.69, 9.17) is 0 Å². The van der Waals surface area contributed by atoms with Crippen molar-refractivity contribution < 1.29 is 4.52 Å². The fourth-order valence-electron chi connectivity index (χ4n) is 0.469. The number of hydrogen-bond acceptors (Lipinski definition) is 2. The van der Waals surface area contributed by atoms with E-state index in [0.29, 0.717) is 5.76 Å². The Bertz CT molecular complexity index is 288. The molecule has 1 N–H and O–H groups in total. The molecule has 0 spiro atoms. The molecular weight excluding hydrogens is 118 g/mol. The van der Waals surface area contributed by atoms with Gasteiger partial charge in [0.2, 0.25) is 0 Å². The summed E-state index contributed by atoms with van der Waals surface area (Å²) in [6, 6.07) is 1.32. The number of H-pyrrole nitrogens is 1. The van der Waals surface area contributed by atoms with Crippen LogP contribution in [0, 0.1) is 0 Å². The molecular formula is C6H5NO2. The molecule has 0 fully saturated rings. The largest absolute Gasteiger partial charge is 0.378 e. The third-order valence-corrected chi connectivity index (χ3v) is 0.787. The quantitative estimate of drug-likeness (QED) is 0.560. The second kappa shape index (κ2) is 2.20. The van der Waals surface area contributed by atoms with Gasteiger partial charge in [0.25, 0.3) is 5.56 Å². The minimum atomic E-state index is -0.253. The molecule has 0 unspecified atom stereocenters. The van der Waals surface area contributed by atoms with Crippen LogP contribution in [0.1, 0.15) is 5.76 Å². The Hall–Kier alpha value is -1.47. The fraction of sp³-hybridized carbons (Fsp3) is 0. The first-order valence-corrected chi connectivity index (χ1v) is 2.37. The summed E-state index contributed by atoms with van der Waals surface area (Å²) >= 11 is 0. The highest BCUT2D eigenvalue weighted by Crippen LogP contribution is 1.92. The summed E-state index contributed by atoms with van der Waals surface area (Å²) < 4.78 is 4.61. The van der Waals surface area contributed by atoms with Gasteiger partial charge in [-0.15, -0.1) is 5.73 Å². The molecule has 0 saturated carbocycles. The first-order valence-electron chi connectivity index (χ1n) is 2.37. The van der Waals surface area contributed by atoms with Gasteiger partial charge in [-0.1, -0.05) is 6.58 Å². The number of rotatable bonds is 1. The van der Waals surface area contributed by atoms with Gasteiger partial charge in [0, 0.05) is 6.08 Å². The molecule has 0 bridgehead atoms. The summed E-state index contributed by atoms with van der Waals surface area (Å²) in [5.74, 6) is 0.440. The van der Waals surface area contributed by atoms with Crippen LogP contribution in [0.2, 0.25) is 0 Å². The van der Waals surface area contributed by atoms with Crippen molar-refractivity contribution in [2.75, 3.05) is 0 Å². The van der Waals surface area contributed by atoms with Crippen molar-refractivity contribution in [3.05, 3.63) is 34.5 Å². The number of aromatic amines is 1. The minimum absolute atomic E-state index is 0.253. The van der Waals surface area contributed by atoms with Crippen molar-refractivity contribution in [3.63, 3.8) is 0 Å². The fourth-order valence-corrected chi connectivity index (χ4v) is 0.469. The third-order valence-electron chi connectivity index (χ3n) is 0.787. The van der Waals surface area contributed by atoms with Gasteiger partial charge in [0.1, 0.15) is 0 Å². The molecule has 1 aromatic heterocycles. The highest BCUT2D eigenvalue weighted by molar-refractivity contribution is 5.39. The molecule has 0 aliphatic carbocycles. The number of hydrogen-bond donors (Lipinski definition) is 1. The maximum absolute atomic E-state index is 10.3. The monoisotopic (exact) mass is 123 g/mol. The van der Waals surface area contributed by atoms with Crippen LogP contribution in [-0.2, 0) is 0 Å². The molecule has 0 aromatic carbocycles. The summed E-state index contributed by atoms with van der Waals surface area (Å²) in [5, 5.41) is 2.12. The van der Waals surface area contributed by atoms with Crippen LogP contribution in [0.15, 0.2) is 27.7 Å². The van der Waals surface area contributed by atoms with Crippen LogP contribution in [0.4, 0.5) is 0 Å². The average molecular weight is 123 g/mol. The van der Waals surface area contributed by atoms with Gasteiger partial charge < -0.3 is 4.52 Å². The molecule has 9 heavy (non-hydrogen) atoms. The van der Waals surface area contributed by atoms with Gasteiger partial charge >= 0.3 is 0 Å². The first kappa shape index (κ1) is 5.66. The van der Waals surface area contributed by atoms with Crippen LogP contribution in [0.5, 0.6) is 0 Å². The SMILES string of the molecule is C=C=Cc1cc(=O)[nH]o1. The highest BCUT2D eigenvalue weighted by atomic mass is 16.5. The summed E-state index contributed by atoms with van der Waals surface area (Å²) in [7, 11) is 0. The molecule has 1 rings (SSSR count). The van der Waals surface area contributed by atoms with E-state index in [1.54, 1.807) is 0 Å². The zero-order chi connectivity index (χ0) is 6.69. The molecule has 1 heterocycles. The molecule has 0 amide bonds. The average Bonchev–Trinajstić information content (AvgIpc) is 2.17. The van der Waals surface area contributed by atoms with Crippen LogP contribution in [-0.4, -0.2) is 5.16 Å². The van der Waals surface area contributed by atoms with Crippen LogP contribution >= 0.6 is 0 Å². The van der Waals surface area contributed by atoms with Gasteiger partial charge in [-0.3, -0.25) is 4.79 Å². The molecule has 0 saturated heterocycles. The van der Waals surface area contributed by atoms with Crippen molar-refractivity contribution in [3.8, 4) is 0 Å². The number of nitrogens with one attached hydrogen (secondary N) is 1. The van der Waals surface area contributed by atoms with Crippen molar-refractivity contribution in [2.45, 2.75) is 0 Å². The molecule has 3 nitrogen and oxygen atoms in total. The summed E-state index contributed by atoms with van der Waals surface area (Å²) in [6.07, 6.45) is 1.47. The van der Waals surface area contributed by atoms with E-state index in [-0.39, 0.29) is 5.56 Å². The first-order chi connectivity index (χ1) is 4.33. The van der Waals surface area contributed by atoms with Crippen molar-refractivity contribution in [2.24, 2.45) is 0 Å². The van der Waals surface area contributed by atoms with Crippen molar-refractivity contribution in [1.82, 2.24) is 5.16 Å². The molecule has 0 aliphatic rings. The van der Waals surface area contributed by atoms with Gasteiger partial charge in [-0.2, -0.15) is 5.16 Å². The van der Waals surface area contributed by atoms with Gasteiger partial charge in [0.15, 0.2) is 5.76 Å². The topological polar surface area (TPSA) is 46.0 Å². The van der Waals surface area contributed by atoms with Crippen LogP contribution < -0.4 is 5.56 Å². The molecule has 0 atom stereocenters. The maximum Gasteiger partial charge on any atom is 0.280 e. The number of aromatic nitrogens is 1. The highest BCUT2D eigenvalue weighted by Gasteiger charge is 1.89. The second-order valence-corrected chi connectivity index (χ2v) is 1.46. The van der Waals surface area contributed by atoms with Gasteiger partial charge in [-0.25, -0.2) is 0 Å². The molecule has 0 radical (unpaired) electrons. The zero-order valence-electron chi connectivity index (χ0n) is 4.68. The van der Waals surface area contributed by atoms with E-state index in [1.165, 1.54) is 12.1 Å². The second-order valence-electron chi connectivity index (χ2n) is 1.46. The van der Waals surface area contributed by atoms with Gasteiger partial charge in [0.05, 0.1) is 6.07 Å². The summed E-state index contributed by atoms with van der Waals surface area (Å²) in [6.45, 7) is 3.31. The Morgan fingerprint density at radius 1 is 1.89 bits per heavy atom. The van der Waals surface area contributed by atoms with E-state index in [9.17, 15) is 4.79 Å². The summed E-state index contributed by atoms with van der Waals surface area (Å²) in [4.78, 5) is 10.3. The molecule has 46 valence electrons. The molecule has 0 aliphatic heterocycles. The van der Waals surface area contributed by atoms with Crippen molar-refractivity contribution >= 4 is 6.08 Å².